The fourth-order valence-electron chi connectivity index (χ4n) is 2.29. The molecule has 0 radical (unpaired) electrons. The number of nitrogens with one attached hydrogen (secondary N) is 1. The first-order valence-corrected chi connectivity index (χ1v) is 7.29. The number of hydrogen-bond donors (Lipinski definition) is 1. The van der Waals surface area contributed by atoms with Gasteiger partial charge in [-0.05, 0) is 51.5 Å². The molecule has 5 heteroatoms. The minimum Gasteiger partial charge on any atom is -0.382 e. The molecule has 0 bridgehead atoms. The quantitative estimate of drug-likeness (QED) is 0.555. The summed E-state index contributed by atoms with van der Waals surface area (Å²) in [5, 5.41) is 4.15. The highest BCUT2D eigenvalue weighted by atomic mass is 32.1. The lowest BCUT2D eigenvalue weighted by molar-refractivity contribution is 0.145. The Morgan fingerprint density at radius 1 is 1.56 bits per heavy atom. The van der Waals surface area contributed by atoms with Gasteiger partial charge in [-0.2, -0.15) is 0 Å². The van der Waals surface area contributed by atoms with Crippen molar-refractivity contribution >= 4 is 17.3 Å². The number of likely N-dealkylation sites (tertiary alicyclic amines) is 1. The van der Waals surface area contributed by atoms with Gasteiger partial charge in [0.25, 0.3) is 0 Å². The molecule has 1 saturated heterocycles. The van der Waals surface area contributed by atoms with Gasteiger partial charge in [0.2, 0.25) is 0 Å². The van der Waals surface area contributed by atoms with Crippen LogP contribution in [0.2, 0.25) is 0 Å². The zero-order valence-corrected chi connectivity index (χ0v) is 12.8. The molecule has 0 aromatic heterocycles. The lowest BCUT2D eigenvalue weighted by Gasteiger charge is -2.24. The Bertz CT molecular complexity index is 250. The van der Waals surface area contributed by atoms with Crippen LogP contribution in [0.25, 0.3) is 0 Å². The molecule has 0 amide bonds. The van der Waals surface area contributed by atoms with Gasteiger partial charge in [-0.1, -0.05) is 0 Å². The summed E-state index contributed by atoms with van der Waals surface area (Å²) < 4.78 is 5.29. The van der Waals surface area contributed by atoms with Crippen LogP contribution in [0.15, 0.2) is 0 Å². The van der Waals surface area contributed by atoms with Gasteiger partial charge in [0.1, 0.15) is 0 Å². The monoisotopic (exact) mass is 273 g/mol. The minimum absolute atomic E-state index is 0.753. The molecular weight excluding hydrogens is 246 g/mol. The van der Waals surface area contributed by atoms with Crippen molar-refractivity contribution in [2.24, 2.45) is 5.92 Å². The number of hydrogen-bond acceptors (Lipinski definition) is 3. The summed E-state index contributed by atoms with van der Waals surface area (Å²) in [6.07, 6.45) is 2.29. The van der Waals surface area contributed by atoms with Crippen LogP contribution in [-0.2, 0) is 4.74 Å². The average molecular weight is 273 g/mol. The number of rotatable bonds is 7. The lowest BCUT2D eigenvalue weighted by Crippen LogP contribution is -2.40. The molecule has 0 aliphatic carbocycles. The van der Waals surface area contributed by atoms with Gasteiger partial charge in [0, 0.05) is 39.9 Å². The molecule has 4 nitrogen and oxygen atoms in total. The second-order valence-corrected chi connectivity index (χ2v) is 5.47. The van der Waals surface area contributed by atoms with Crippen molar-refractivity contribution in [3.05, 3.63) is 0 Å². The van der Waals surface area contributed by atoms with Crippen LogP contribution < -0.4 is 5.32 Å². The predicted octanol–water partition coefficient (Wildman–Crippen LogP) is 1.17. The van der Waals surface area contributed by atoms with Crippen molar-refractivity contribution in [2.75, 3.05) is 53.5 Å². The zero-order chi connectivity index (χ0) is 13.4. The summed E-state index contributed by atoms with van der Waals surface area (Å²) >= 11 is 5.38. The Kier molecular flexibility index (Phi) is 7.54. The maximum Gasteiger partial charge on any atom is 0.168 e. The first-order chi connectivity index (χ1) is 8.63. The third-order valence-electron chi connectivity index (χ3n) is 3.31. The number of nitrogens with zero attached hydrogens (tertiary/aromatic N) is 2. The summed E-state index contributed by atoms with van der Waals surface area (Å²) in [5.74, 6) is 0.753. The van der Waals surface area contributed by atoms with E-state index in [9.17, 15) is 0 Å². The first-order valence-electron chi connectivity index (χ1n) is 6.88. The average Bonchev–Trinajstić information content (AvgIpc) is 2.74. The molecule has 106 valence electrons. The summed E-state index contributed by atoms with van der Waals surface area (Å²) in [7, 11) is 4.26. The molecule has 1 heterocycles. The van der Waals surface area contributed by atoms with Gasteiger partial charge >= 0.3 is 0 Å². The van der Waals surface area contributed by atoms with E-state index < -0.39 is 0 Å². The highest BCUT2D eigenvalue weighted by Gasteiger charge is 2.21. The topological polar surface area (TPSA) is 27.7 Å². The molecule has 18 heavy (non-hydrogen) atoms. The van der Waals surface area contributed by atoms with E-state index in [1.165, 1.54) is 19.5 Å². The fourth-order valence-corrected chi connectivity index (χ4v) is 2.47. The van der Waals surface area contributed by atoms with E-state index >= 15 is 0 Å². The van der Waals surface area contributed by atoms with Gasteiger partial charge in [-0.15, -0.1) is 0 Å². The standard InChI is InChI=1S/C13H27N3OS/c1-4-17-9-5-7-14-13(18)16(3)11-12-6-8-15(2)10-12/h12H,4-11H2,1-3H3,(H,14,18). The molecule has 1 rings (SSSR count). The molecule has 0 spiro atoms. The van der Waals surface area contributed by atoms with E-state index in [0.29, 0.717) is 0 Å². The summed E-state index contributed by atoms with van der Waals surface area (Å²) in [6, 6.07) is 0. The van der Waals surface area contributed by atoms with Gasteiger partial charge in [-0.3, -0.25) is 0 Å². The van der Waals surface area contributed by atoms with E-state index in [2.05, 4.69) is 29.2 Å². The molecule has 1 N–H and O–H groups in total. The van der Waals surface area contributed by atoms with Gasteiger partial charge in [0.05, 0.1) is 0 Å². The predicted molar refractivity (Wildman–Crippen MR) is 79.9 cm³/mol. The molecule has 0 aromatic rings. The van der Waals surface area contributed by atoms with E-state index in [1.54, 1.807) is 0 Å². The lowest BCUT2D eigenvalue weighted by atomic mass is 10.1. The van der Waals surface area contributed by atoms with Crippen molar-refractivity contribution < 1.29 is 4.74 Å². The summed E-state index contributed by atoms with van der Waals surface area (Å²) in [4.78, 5) is 4.55. The Labute approximate surface area is 117 Å². The van der Waals surface area contributed by atoms with Crippen LogP contribution in [0, 0.1) is 5.92 Å². The van der Waals surface area contributed by atoms with Crippen molar-refractivity contribution in [1.29, 1.82) is 0 Å². The molecule has 1 atom stereocenters. The van der Waals surface area contributed by atoms with Crippen molar-refractivity contribution in [2.45, 2.75) is 19.8 Å². The molecule has 0 saturated carbocycles. The molecular formula is C13H27N3OS. The Morgan fingerprint density at radius 3 is 2.94 bits per heavy atom. The van der Waals surface area contributed by atoms with Gasteiger partial charge in [-0.25, -0.2) is 0 Å². The summed E-state index contributed by atoms with van der Waals surface area (Å²) in [6.45, 7) is 7.98. The molecule has 0 aromatic carbocycles. The molecule has 1 unspecified atom stereocenters. The first kappa shape index (κ1) is 15.7. The zero-order valence-electron chi connectivity index (χ0n) is 11.9. The van der Waals surface area contributed by atoms with E-state index in [4.69, 9.17) is 17.0 Å². The number of ether oxygens (including phenoxy) is 1. The molecule has 1 aliphatic heterocycles. The largest absolute Gasteiger partial charge is 0.382 e. The maximum atomic E-state index is 5.38. The van der Waals surface area contributed by atoms with Crippen LogP contribution in [-0.4, -0.2) is 68.4 Å². The SMILES string of the molecule is CCOCCCNC(=S)N(C)CC1CCN(C)C1. The highest BCUT2D eigenvalue weighted by Crippen LogP contribution is 2.14. The molecule has 1 fully saturated rings. The Hall–Kier alpha value is -0.390. The Morgan fingerprint density at radius 2 is 2.33 bits per heavy atom. The van der Waals surface area contributed by atoms with Gasteiger partial charge < -0.3 is 19.9 Å². The van der Waals surface area contributed by atoms with E-state index in [1.807, 2.05) is 6.92 Å². The van der Waals surface area contributed by atoms with E-state index in [-0.39, 0.29) is 0 Å². The normalized spacial score (nSPS) is 20.1. The van der Waals surface area contributed by atoms with Crippen LogP contribution in [0.4, 0.5) is 0 Å². The van der Waals surface area contributed by atoms with Crippen LogP contribution in [0.1, 0.15) is 19.8 Å². The van der Waals surface area contributed by atoms with Crippen LogP contribution >= 0.6 is 12.2 Å². The fraction of sp³-hybridized carbons (Fsp3) is 0.923. The van der Waals surface area contributed by atoms with Crippen molar-refractivity contribution in [3.8, 4) is 0 Å². The number of thiocarbonyl (C=S) groups is 1. The third-order valence-corrected chi connectivity index (χ3v) is 3.77. The minimum atomic E-state index is 0.753. The van der Waals surface area contributed by atoms with Crippen molar-refractivity contribution in [3.63, 3.8) is 0 Å². The summed E-state index contributed by atoms with van der Waals surface area (Å²) in [5.41, 5.74) is 0. The molecule has 1 aliphatic rings. The third kappa shape index (κ3) is 5.98. The van der Waals surface area contributed by atoms with Crippen molar-refractivity contribution in [1.82, 2.24) is 15.1 Å². The second-order valence-electron chi connectivity index (χ2n) is 5.08. The van der Waals surface area contributed by atoms with Crippen LogP contribution in [0.3, 0.4) is 0 Å². The second kappa shape index (κ2) is 8.67. The Balaban J connectivity index is 2.09. The highest BCUT2D eigenvalue weighted by molar-refractivity contribution is 7.80. The smallest absolute Gasteiger partial charge is 0.168 e. The van der Waals surface area contributed by atoms with Crippen LogP contribution in [0.5, 0.6) is 0 Å². The van der Waals surface area contributed by atoms with Gasteiger partial charge in [0.15, 0.2) is 5.11 Å². The van der Waals surface area contributed by atoms with E-state index in [0.717, 1.165) is 43.8 Å². The maximum absolute atomic E-state index is 5.38.